The van der Waals surface area contributed by atoms with Crippen LogP contribution in [0, 0.1) is 0 Å². The summed E-state index contributed by atoms with van der Waals surface area (Å²) in [6.07, 6.45) is 0. The normalized spacial score (nSPS) is 10.4. The van der Waals surface area contributed by atoms with Gasteiger partial charge in [0.1, 0.15) is 0 Å². The molecule has 0 aliphatic heterocycles. The fourth-order valence-corrected chi connectivity index (χ4v) is 3.55. The molecule has 4 heteroatoms. The van der Waals surface area contributed by atoms with E-state index in [1.807, 2.05) is 36.0 Å². The molecule has 0 radical (unpaired) electrons. The van der Waals surface area contributed by atoms with Crippen LogP contribution in [0.4, 0.5) is 0 Å². The van der Waals surface area contributed by atoms with Gasteiger partial charge in [-0.3, -0.25) is 4.79 Å². The molecule has 1 amide bonds. The molecule has 0 saturated heterocycles. The molecule has 0 unspecified atom stereocenters. The van der Waals surface area contributed by atoms with Gasteiger partial charge in [0, 0.05) is 23.8 Å². The van der Waals surface area contributed by atoms with E-state index in [1.165, 1.54) is 11.1 Å². The zero-order valence-corrected chi connectivity index (χ0v) is 14.2. The fraction of sp³-hybridized carbons (Fsp3) is 0.278. The Morgan fingerprint density at radius 1 is 0.818 bits per heavy atom. The highest BCUT2D eigenvalue weighted by atomic mass is 32.2. The highest BCUT2D eigenvalue weighted by Gasteiger charge is 2.01. The summed E-state index contributed by atoms with van der Waals surface area (Å²) in [6.45, 7) is 0.738. The Kier molecular flexibility index (Phi) is 7.99. The minimum atomic E-state index is 0.126. The summed E-state index contributed by atoms with van der Waals surface area (Å²) in [6, 6.07) is 20.6. The number of nitrogens with one attached hydrogen (secondary N) is 1. The Hall–Kier alpha value is -1.39. The third kappa shape index (κ3) is 7.05. The van der Waals surface area contributed by atoms with Gasteiger partial charge in [0.25, 0.3) is 0 Å². The van der Waals surface area contributed by atoms with Crippen LogP contribution >= 0.6 is 23.5 Å². The van der Waals surface area contributed by atoms with Crippen molar-refractivity contribution >= 4 is 29.4 Å². The molecule has 2 nitrogen and oxygen atoms in total. The van der Waals surface area contributed by atoms with E-state index < -0.39 is 0 Å². The minimum absolute atomic E-state index is 0.126. The van der Waals surface area contributed by atoms with Gasteiger partial charge in [0.15, 0.2) is 0 Å². The van der Waals surface area contributed by atoms with Crippen molar-refractivity contribution in [1.82, 2.24) is 5.32 Å². The Bertz CT molecular complexity index is 546. The van der Waals surface area contributed by atoms with Gasteiger partial charge in [-0.2, -0.15) is 11.8 Å². The van der Waals surface area contributed by atoms with Crippen molar-refractivity contribution in [3.05, 3.63) is 71.8 Å². The summed E-state index contributed by atoms with van der Waals surface area (Å²) in [5.74, 6) is 3.49. The Morgan fingerprint density at radius 3 is 1.95 bits per heavy atom. The number of hydrogen-bond donors (Lipinski definition) is 1. The van der Waals surface area contributed by atoms with Crippen LogP contribution in [-0.2, 0) is 16.3 Å². The number of thioether (sulfide) groups is 2. The first-order valence-electron chi connectivity index (χ1n) is 7.34. The summed E-state index contributed by atoms with van der Waals surface area (Å²) < 4.78 is 0. The van der Waals surface area contributed by atoms with Gasteiger partial charge in [0.05, 0.1) is 5.75 Å². The third-order valence-electron chi connectivity index (χ3n) is 3.02. The van der Waals surface area contributed by atoms with E-state index in [4.69, 9.17) is 0 Å². The first-order chi connectivity index (χ1) is 10.8. The molecular weight excluding hydrogens is 310 g/mol. The van der Waals surface area contributed by atoms with E-state index in [2.05, 4.69) is 41.7 Å². The van der Waals surface area contributed by atoms with Gasteiger partial charge in [-0.1, -0.05) is 60.7 Å². The molecule has 0 aliphatic rings. The highest BCUT2D eigenvalue weighted by molar-refractivity contribution is 7.99. The van der Waals surface area contributed by atoms with Crippen molar-refractivity contribution in [2.75, 3.05) is 18.1 Å². The van der Waals surface area contributed by atoms with Crippen molar-refractivity contribution in [1.29, 1.82) is 0 Å². The molecule has 2 aromatic rings. The third-order valence-corrected chi connectivity index (χ3v) is 5.06. The summed E-state index contributed by atoms with van der Waals surface area (Å²) in [4.78, 5) is 11.7. The van der Waals surface area contributed by atoms with Crippen molar-refractivity contribution in [3.8, 4) is 0 Å². The van der Waals surface area contributed by atoms with E-state index in [1.54, 1.807) is 11.8 Å². The standard InChI is InChI=1S/C18H21NOS2/c20-18(15-22-14-17-9-5-2-6-10-17)19-11-12-21-13-16-7-3-1-4-8-16/h1-10H,11-15H2,(H,19,20). The van der Waals surface area contributed by atoms with Gasteiger partial charge in [-0.05, 0) is 11.1 Å². The molecule has 22 heavy (non-hydrogen) atoms. The lowest BCUT2D eigenvalue weighted by atomic mass is 10.2. The maximum absolute atomic E-state index is 11.7. The van der Waals surface area contributed by atoms with Crippen LogP contribution in [-0.4, -0.2) is 24.0 Å². The summed E-state index contributed by atoms with van der Waals surface area (Å²) in [5, 5.41) is 2.97. The Labute approximate surface area is 141 Å². The van der Waals surface area contributed by atoms with Gasteiger partial charge in [0.2, 0.25) is 5.91 Å². The molecule has 0 aromatic heterocycles. The SMILES string of the molecule is O=C(CSCc1ccccc1)NCCSCc1ccccc1. The van der Waals surface area contributed by atoms with Crippen LogP contribution < -0.4 is 5.32 Å². The molecule has 0 fully saturated rings. The summed E-state index contributed by atoms with van der Waals surface area (Å²) >= 11 is 3.50. The highest BCUT2D eigenvalue weighted by Crippen LogP contribution is 2.12. The van der Waals surface area contributed by atoms with Crippen LogP contribution in [0.15, 0.2) is 60.7 Å². The summed E-state index contributed by atoms with van der Waals surface area (Å²) in [5.41, 5.74) is 2.59. The minimum Gasteiger partial charge on any atom is -0.355 e. The van der Waals surface area contributed by atoms with Crippen LogP contribution in [0.25, 0.3) is 0 Å². The Balaban J connectivity index is 1.49. The molecule has 2 aromatic carbocycles. The second-order valence-corrected chi connectivity index (χ2v) is 6.96. The van der Waals surface area contributed by atoms with Crippen LogP contribution in [0.3, 0.4) is 0 Å². The monoisotopic (exact) mass is 331 g/mol. The lowest BCUT2D eigenvalue weighted by Gasteiger charge is -2.05. The van der Waals surface area contributed by atoms with E-state index in [0.29, 0.717) is 5.75 Å². The number of carbonyl (C=O) groups is 1. The zero-order chi connectivity index (χ0) is 15.5. The van der Waals surface area contributed by atoms with Crippen LogP contribution in [0.5, 0.6) is 0 Å². The van der Waals surface area contributed by atoms with Gasteiger partial charge in [-0.15, -0.1) is 11.8 Å². The molecule has 2 rings (SSSR count). The number of rotatable bonds is 9. The van der Waals surface area contributed by atoms with Crippen molar-refractivity contribution in [2.24, 2.45) is 0 Å². The topological polar surface area (TPSA) is 29.1 Å². The van der Waals surface area contributed by atoms with Crippen molar-refractivity contribution < 1.29 is 4.79 Å². The molecule has 0 atom stereocenters. The number of carbonyl (C=O) groups excluding carboxylic acids is 1. The predicted molar refractivity (Wildman–Crippen MR) is 98.2 cm³/mol. The lowest BCUT2D eigenvalue weighted by Crippen LogP contribution is -2.27. The smallest absolute Gasteiger partial charge is 0.230 e. The molecular formula is C18H21NOS2. The maximum Gasteiger partial charge on any atom is 0.230 e. The van der Waals surface area contributed by atoms with Crippen LogP contribution in [0.1, 0.15) is 11.1 Å². The molecule has 0 saturated carbocycles. The predicted octanol–water partition coefficient (Wildman–Crippen LogP) is 3.97. The van der Waals surface area contributed by atoms with Crippen molar-refractivity contribution in [2.45, 2.75) is 11.5 Å². The zero-order valence-electron chi connectivity index (χ0n) is 12.5. The Morgan fingerprint density at radius 2 is 1.36 bits per heavy atom. The average molecular weight is 332 g/mol. The largest absolute Gasteiger partial charge is 0.355 e. The van der Waals surface area contributed by atoms with E-state index >= 15 is 0 Å². The van der Waals surface area contributed by atoms with Gasteiger partial charge < -0.3 is 5.32 Å². The van der Waals surface area contributed by atoms with Gasteiger partial charge in [-0.25, -0.2) is 0 Å². The molecule has 0 aliphatic carbocycles. The number of benzene rings is 2. The van der Waals surface area contributed by atoms with E-state index in [9.17, 15) is 4.79 Å². The molecule has 0 spiro atoms. The average Bonchev–Trinajstić information content (AvgIpc) is 2.56. The van der Waals surface area contributed by atoms with Gasteiger partial charge >= 0.3 is 0 Å². The first-order valence-corrected chi connectivity index (χ1v) is 9.65. The molecule has 1 N–H and O–H groups in total. The molecule has 0 bridgehead atoms. The quantitative estimate of drug-likeness (QED) is 0.705. The summed E-state index contributed by atoms with van der Waals surface area (Å²) in [7, 11) is 0. The lowest BCUT2D eigenvalue weighted by molar-refractivity contribution is -0.118. The number of amides is 1. The molecule has 0 heterocycles. The molecule has 116 valence electrons. The second-order valence-electron chi connectivity index (χ2n) is 4.87. The van der Waals surface area contributed by atoms with E-state index in [0.717, 1.165) is 23.8 Å². The van der Waals surface area contributed by atoms with Crippen molar-refractivity contribution in [3.63, 3.8) is 0 Å². The van der Waals surface area contributed by atoms with Crippen LogP contribution in [0.2, 0.25) is 0 Å². The maximum atomic E-state index is 11.7. The van der Waals surface area contributed by atoms with E-state index in [-0.39, 0.29) is 5.91 Å². The fourth-order valence-electron chi connectivity index (χ4n) is 1.91. The first kappa shape index (κ1) is 17.0. The second kappa shape index (κ2) is 10.4. The number of hydrogen-bond acceptors (Lipinski definition) is 3.